The minimum atomic E-state index is 0.384. The zero-order chi connectivity index (χ0) is 20.1. The first kappa shape index (κ1) is 19.0. The van der Waals surface area contributed by atoms with Gasteiger partial charge in [-0.15, -0.1) is 10.2 Å². The van der Waals surface area contributed by atoms with Crippen molar-refractivity contribution in [3.8, 4) is 11.5 Å². The van der Waals surface area contributed by atoms with Crippen molar-refractivity contribution in [2.45, 2.75) is 13.5 Å². The van der Waals surface area contributed by atoms with E-state index in [1.807, 2.05) is 31.2 Å². The molecule has 0 bridgehead atoms. The Labute approximate surface area is 173 Å². The van der Waals surface area contributed by atoms with Crippen molar-refractivity contribution in [1.82, 2.24) is 14.9 Å². The van der Waals surface area contributed by atoms with Gasteiger partial charge in [0.2, 0.25) is 0 Å². The first-order chi connectivity index (χ1) is 14.2. The fraction of sp³-hybridized carbons (Fsp3) is 0.136. The standard InChI is InChI=1S/C22H19ClN4O2/c1-2-28-21-11-16(12-26-27-14-24-25-15-27)10-20(23)22(21)29-13-18-8-5-7-17-6-3-4-9-19(17)18/h3-12,14-15H,2,13H2,1H3/b26-12+. The Bertz CT molecular complexity index is 1140. The van der Waals surface area contributed by atoms with Gasteiger partial charge in [-0.2, -0.15) is 5.10 Å². The van der Waals surface area contributed by atoms with Crippen LogP contribution in [0.15, 0.2) is 72.4 Å². The van der Waals surface area contributed by atoms with Crippen LogP contribution in [0.1, 0.15) is 18.1 Å². The summed E-state index contributed by atoms with van der Waals surface area (Å²) in [5.74, 6) is 1.09. The third kappa shape index (κ3) is 4.38. The summed E-state index contributed by atoms with van der Waals surface area (Å²) in [6.45, 7) is 2.79. The fourth-order valence-electron chi connectivity index (χ4n) is 3.02. The number of ether oxygens (including phenoxy) is 2. The second-order valence-corrected chi connectivity index (χ2v) is 6.68. The van der Waals surface area contributed by atoms with Crippen molar-refractivity contribution in [2.75, 3.05) is 6.61 Å². The van der Waals surface area contributed by atoms with Crippen molar-refractivity contribution >= 4 is 28.6 Å². The van der Waals surface area contributed by atoms with E-state index in [9.17, 15) is 0 Å². The molecule has 7 heteroatoms. The van der Waals surface area contributed by atoms with Crippen LogP contribution in [0.3, 0.4) is 0 Å². The number of aromatic nitrogens is 3. The highest BCUT2D eigenvalue weighted by Crippen LogP contribution is 2.37. The van der Waals surface area contributed by atoms with Crippen LogP contribution in [0.25, 0.3) is 10.8 Å². The molecule has 0 saturated heterocycles. The van der Waals surface area contributed by atoms with Crippen LogP contribution in [-0.2, 0) is 6.61 Å². The van der Waals surface area contributed by atoms with Crippen molar-refractivity contribution in [3.63, 3.8) is 0 Å². The van der Waals surface area contributed by atoms with E-state index in [0.717, 1.165) is 16.5 Å². The van der Waals surface area contributed by atoms with E-state index >= 15 is 0 Å². The van der Waals surface area contributed by atoms with Crippen LogP contribution in [0.2, 0.25) is 5.02 Å². The van der Waals surface area contributed by atoms with Crippen LogP contribution in [0, 0.1) is 0 Å². The van der Waals surface area contributed by atoms with Gasteiger partial charge in [-0.1, -0.05) is 54.1 Å². The summed E-state index contributed by atoms with van der Waals surface area (Å²) in [4.78, 5) is 0. The summed E-state index contributed by atoms with van der Waals surface area (Å²) in [6, 6.07) is 18.0. The maximum absolute atomic E-state index is 6.52. The number of nitrogens with zero attached hydrogens (tertiary/aromatic N) is 4. The number of benzene rings is 3. The molecule has 4 aromatic rings. The summed E-state index contributed by atoms with van der Waals surface area (Å²) in [5, 5.41) is 14.5. The van der Waals surface area contributed by atoms with Gasteiger partial charge in [0.1, 0.15) is 19.3 Å². The summed E-state index contributed by atoms with van der Waals surface area (Å²) in [7, 11) is 0. The normalized spacial score (nSPS) is 11.2. The second-order valence-electron chi connectivity index (χ2n) is 6.28. The van der Waals surface area contributed by atoms with Crippen LogP contribution in [-0.4, -0.2) is 27.7 Å². The SMILES string of the molecule is CCOc1cc(/C=N/n2cnnc2)cc(Cl)c1OCc1cccc2ccccc12. The maximum atomic E-state index is 6.52. The Hall–Kier alpha value is -3.38. The van der Waals surface area contributed by atoms with Crippen molar-refractivity contribution < 1.29 is 9.47 Å². The Morgan fingerprint density at radius 3 is 2.66 bits per heavy atom. The van der Waals surface area contributed by atoms with Gasteiger partial charge in [0, 0.05) is 0 Å². The molecular weight excluding hydrogens is 388 g/mol. The van der Waals surface area contributed by atoms with Gasteiger partial charge in [0.05, 0.1) is 17.8 Å². The van der Waals surface area contributed by atoms with E-state index < -0.39 is 0 Å². The largest absolute Gasteiger partial charge is 0.490 e. The molecule has 4 rings (SSSR count). The van der Waals surface area contributed by atoms with E-state index in [4.69, 9.17) is 21.1 Å². The Morgan fingerprint density at radius 2 is 1.83 bits per heavy atom. The molecule has 29 heavy (non-hydrogen) atoms. The molecule has 0 amide bonds. The highest BCUT2D eigenvalue weighted by atomic mass is 35.5. The Kier molecular flexibility index (Phi) is 5.72. The third-order valence-electron chi connectivity index (χ3n) is 4.33. The van der Waals surface area contributed by atoms with Gasteiger partial charge in [-0.05, 0) is 41.0 Å². The zero-order valence-corrected chi connectivity index (χ0v) is 16.6. The van der Waals surface area contributed by atoms with Gasteiger partial charge in [0.25, 0.3) is 0 Å². The van der Waals surface area contributed by atoms with Crippen LogP contribution in [0.4, 0.5) is 0 Å². The van der Waals surface area contributed by atoms with Gasteiger partial charge in [-0.25, -0.2) is 4.68 Å². The Balaban J connectivity index is 1.60. The maximum Gasteiger partial charge on any atom is 0.180 e. The second kappa shape index (κ2) is 8.75. The van der Waals surface area contributed by atoms with Gasteiger partial charge in [-0.3, -0.25) is 0 Å². The van der Waals surface area contributed by atoms with Gasteiger partial charge >= 0.3 is 0 Å². The fourth-order valence-corrected chi connectivity index (χ4v) is 3.30. The molecule has 0 radical (unpaired) electrons. The highest BCUT2D eigenvalue weighted by Gasteiger charge is 2.13. The molecule has 0 saturated carbocycles. The lowest BCUT2D eigenvalue weighted by atomic mass is 10.1. The monoisotopic (exact) mass is 406 g/mol. The summed E-state index contributed by atoms with van der Waals surface area (Å²) in [5.41, 5.74) is 1.87. The Morgan fingerprint density at radius 1 is 1.03 bits per heavy atom. The lowest BCUT2D eigenvalue weighted by Gasteiger charge is -2.15. The van der Waals surface area contributed by atoms with E-state index in [1.165, 1.54) is 22.7 Å². The van der Waals surface area contributed by atoms with Crippen molar-refractivity contribution in [2.24, 2.45) is 5.10 Å². The number of hydrogen-bond acceptors (Lipinski definition) is 5. The average molecular weight is 407 g/mol. The molecule has 0 aliphatic rings. The van der Waals surface area contributed by atoms with Gasteiger partial charge < -0.3 is 9.47 Å². The number of halogens is 1. The molecule has 0 N–H and O–H groups in total. The first-order valence-electron chi connectivity index (χ1n) is 9.19. The minimum absolute atomic E-state index is 0.384. The summed E-state index contributed by atoms with van der Waals surface area (Å²) in [6.07, 6.45) is 4.67. The molecular formula is C22H19ClN4O2. The van der Waals surface area contributed by atoms with Gasteiger partial charge in [0.15, 0.2) is 11.5 Å². The molecule has 6 nitrogen and oxygen atoms in total. The van der Waals surface area contributed by atoms with Crippen LogP contribution < -0.4 is 9.47 Å². The third-order valence-corrected chi connectivity index (χ3v) is 4.61. The molecule has 3 aromatic carbocycles. The van der Waals surface area contributed by atoms with E-state index in [1.54, 1.807) is 12.3 Å². The molecule has 146 valence electrons. The number of hydrogen-bond donors (Lipinski definition) is 0. The molecule has 1 heterocycles. The zero-order valence-electron chi connectivity index (χ0n) is 15.8. The van der Waals surface area contributed by atoms with E-state index in [-0.39, 0.29) is 0 Å². The number of fused-ring (bicyclic) bond motifs is 1. The minimum Gasteiger partial charge on any atom is -0.490 e. The molecule has 0 aliphatic carbocycles. The lowest BCUT2D eigenvalue weighted by molar-refractivity contribution is 0.270. The summed E-state index contributed by atoms with van der Waals surface area (Å²) >= 11 is 6.52. The molecule has 0 unspecified atom stereocenters. The molecule has 0 spiro atoms. The predicted octanol–water partition coefficient (Wildman–Crippen LogP) is 4.94. The van der Waals surface area contributed by atoms with Crippen molar-refractivity contribution in [1.29, 1.82) is 0 Å². The topological polar surface area (TPSA) is 61.5 Å². The van der Waals surface area contributed by atoms with E-state index in [2.05, 4.69) is 39.6 Å². The predicted molar refractivity (Wildman–Crippen MR) is 114 cm³/mol. The molecule has 0 atom stereocenters. The van der Waals surface area contributed by atoms with Crippen LogP contribution in [0.5, 0.6) is 11.5 Å². The lowest BCUT2D eigenvalue weighted by Crippen LogP contribution is -2.02. The quantitative estimate of drug-likeness (QED) is 0.407. The highest BCUT2D eigenvalue weighted by molar-refractivity contribution is 6.32. The molecule has 1 aromatic heterocycles. The van der Waals surface area contributed by atoms with Crippen LogP contribution >= 0.6 is 11.6 Å². The smallest absolute Gasteiger partial charge is 0.180 e. The first-order valence-corrected chi connectivity index (χ1v) is 9.57. The van der Waals surface area contributed by atoms with E-state index in [0.29, 0.717) is 29.7 Å². The molecule has 0 fully saturated rings. The molecule has 0 aliphatic heterocycles. The number of rotatable bonds is 7. The summed E-state index contributed by atoms with van der Waals surface area (Å²) < 4.78 is 13.4. The average Bonchev–Trinajstić information content (AvgIpc) is 3.26. The van der Waals surface area contributed by atoms with Crippen molar-refractivity contribution in [3.05, 3.63) is 83.4 Å².